The number of nitrogens with zero attached hydrogens (tertiary/aromatic N) is 1. The Labute approximate surface area is 122 Å². The number of carbonyl (C=O) groups is 2. The number of benzene rings is 1. The van der Waals surface area contributed by atoms with Crippen molar-refractivity contribution in [2.45, 2.75) is 0 Å². The quantitative estimate of drug-likeness (QED) is 0.793. The van der Waals surface area contributed by atoms with E-state index in [-0.39, 0.29) is 11.5 Å². The summed E-state index contributed by atoms with van der Waals surface area (Å²) < 4.78 is 22.7. The van der Waals surface area contributed by atoms with Crippen molar-refractivity contribution in [3.8, 4) is 0 Å². The zero-order valence-electron chi connectivity index (χ0n) is 11.3. The molecule has 1 aromatic rings. The van der Waals surface area contributed by atoms with Crippen LogP contribution >= 0.6 is 0 Å². The summed E-state index contributed by atoms with van der Waals surface area (Å²) in [6.07, 6.45) is 0. The summed E-state index contributed by atoms with van der Waals surface area (Å²) in [5.74, 6) is -1.29. The molecule has 1 aliphatic heterocycles. The van der Waals surface area contributed by atoms with Crippen LogP contribution in [0.4, 0.5) is 5.69 Å². The van der Waals surface area contributed by atoms with E-state index in [1.54, 1.807) is 24.3 Å². The number of hydrogen-bond donors (Lipinski definition) is 2. The van der Waals surface area contributed by atoms with Crippen LogP contribution in [0.3, 0.4) is 0 Å². The molecule has 0 spiro atoms. The topological polar surface area (TPSA) is 104 Å². The van der Waals surface area contributed by atoms with Crippen LogP contribution in [0.5, 0.6) is 0 Å². The predicted molar refractivity (Wildman–Crippen MR) is 77.3 cm³/mol. The van der Waals surface area contributed by atoms with Crippen molar-refractivity contribution in [3.05, 3.63) is 29.8 Å². The van der Waals surface area contributed by atoms with Crippen LogP contribution in [0.1, 0.15) is 10.4 Å². The SMILES string of the molecule is O=C(O)CNC(=O)c1ccc(N2CCS(=O)(=O)CC2)cc1. The summed E-state index contributed by atoms with van der Waals surface area (Å²) in [7, 11) is -2.92. The van der Waals surface area contributed by atoms with Crippen LogP contribution in [0, 0.1) is 0 Å². The molecular formula is C13H16N2O5S. The molecule has 1 aromatic carbocycles. The van der Waals surface area contributed by atoms with Gasteiger partial charge in [0.1, 0.15) is 6.54 Å². The van der Waals surface area contributed by atoms with E-state index < -0.39 is 28.3 Å². The molecule has 1 saturated heterocycles. The zero-order chi connectivity index (χ0) is 15.5. The number of sulfone groups is 1. The van der Waals surface area contributed by atoms with Gasteiger partial charge in [0.05, 0.1) is 11.5 Å². The van der Waals surface area contributed by atoms with E-state index >= 15 is 0 Å². The lowest BCUT2D eigenvalue weighted by Crippen LogP contribution is -2.40. The second-order valence-electron chi connectivity index (χ2n) is 4.76. The highest BCUT2D eigenvalue weighted by Crippen LogP contribution is 2.18. The number of anilines is 1. The molecule has 0 saturated carbocycles. The number of aliphatic carboxylic acids is 1. The minimum absolute atomic E-state index is 0.133. The third kappa shape index (κ3) is 4.19. The predicted octanol–water partition coefficient (Wildman–Crippen LogP) is -0.264. The van der Waals surface area contributed by atoms with Crippen LogP contribution in [0.2, 0.25) is 0 Å². The van der Waals surface area contributed by atoms with Gasteiger partial charge < -0.3 is 15.3 Å². The average molecular weight is 312 g/mol. The first-order valence-electron chi connectivity index (χ1n) is 6.43. The Morgan fingerprint density at radius 3 is 2.24 bits per heavy atom. The molecule has 21 heavy (non-hydrogen) atoms. The van der Waals surface area contributed by atoms with Gasteiger partial charge >= 0.3 is 5.97 Å². The molecular weight excluding hydrogens is 296 g/mol. The molecule has 8 heteroatoms. The second kappa shape index (κ2) is 6.13. The number of rotatable bonds is 4. The molecule has 1 amide bonds. The van der Waals surface area contributed by atoms with Gasteiger partial charge in [-0.3, -0.25) is 9.59 Å². The van der Waals surface area contributed by atoms with Crippen molar-refractivity contribution in [2.75, 3.05) is 36.0 Å². The Bertz CT molecular complexity index is 625. The van der Waals surface area contributed by atoms with E-state index in [2.05, 4.69) is 5.32 Å². The van der Waals surface area contributed by atoms with Crippen molar-refractivity contribution in [1.29, 1.82) is 0 Å². The lowest BCUT2D eigenvalue weighted by atomic mass is 10.2. The molecule has 1 aliphatic rings. The van der Waals surface area contributed by atoms with Crippen molar-refractivity contribution in [3.63, 3.8) is 0 Å². The fourth-order valence-corrected chi connectivity index (χ4v) is 3.25. The fraction of sp³-hybridized carbons (Fsp3) is 0.385. The molecule has 0 bridgehead atoms. The molecule has 7 nitrogen and oxygen atoms in total. The monoisotopic (exact) mass is 312 g/mol. The first-order valence-corrected chi connectivity index (χ1v) is 8.25. The van der Waals surface area contributed by atoms with Gasteiger partial charge in [-0.1, -0.05) is 0 Å². The third-order valence-electron chi connectivity index (χ3n) is 3.24. The van der Waals surface area contributed by atoms with Gasteiger partial charge in [-0.25, -0.2) is 8.42 Å². The van der Waals surface area contributed by atoms with Crippen LogP contribution in [0.25, 0.3) is 0 Å². The van der Waals surface area contributed by atoms with E-state index in [9.17, 15) is 18.0 Å². The van der Waals surface area contributed by atoms with Gasteiger partial charge in [0.25, 0.3) is 5.91 Å². The minimum atomic E-state index is -2.92. The Balaban J connectivity index is 1.99. The van der Waals surface area contributed by atoms with Crippen molar-refractivity contribution in [2.24, 2.45) is 0 Å². The molecule has 1 heterocycles. The Morgan fingerprint density at radius 1 is 1.14 bits per heavy atom. The standard InChI is InChI=1S/C13H16N2O5S/c16-12(17)9-14-13(18)10-1-3-11(4-2-10)15-5-7-21(19,20)8-6-15/h1-4H,5-9H2,(H,14,18)(H,16,17). The molecule has 0 aliphatic carbocycles. The third-order valence-corrected chi connectivity index (χ3v) is 4.85. The summed E-state index contributed by atoms with van der Waals surface area (Å²) in [6, 6.07) is 6.65. The molecule has 0 atom stereocenters. The van der Waals surface area contributed by atoms with E-state index in [1.165, 1.54) is 0 Å². The number of nitrogens with one attached hydrogen (secondary N) is 1. The maximum absolute atomic E-state index is 11.7. The van der Waals surface area contributed by atoms with Crippen LogP contribution in [0.15, 0.2) is 24.3 Å². The first-order chi connectivity index (χ1) is 9.87. The molecule has 0 radical (unpaired) electrons. The number of carbonyl (C=O) groups excluding carboxylic acids is 1. The smallest absolute Gasteiger partial charge is 0.322 e. The van der Waals surface area contributed by atoms with Crippen LogP contribution in [-0.2, 0) is 14.6 Å². The highest BCUT2D eigenvalue weighted by Gasteiger charge is 2.21. The van der Waals surface area contributed by atoms with Crippen molar-refractivity contribution >= 4 is 27.4 Å². The molecule has 0 unspecified atom stereocenters. The van der Waals surface area contributed by atoms with Gasteiger partial charge in [-0.2, -0.15) is 0 Å². The molecule has 0 aromatic heterocycles. The summed E-state index contributed by atoms with van der Waals surface area (Å²) >= 11 is 0. The van der Waals surface area contributed by atoms with Crippen LogP contribution < -0.4 is 10.2 Å². The van der Waals surface area contributed by atoms with E-state index in [1.807, 2.05) is 4.90 Å². The Kier molecular flexibility index (Phi) is 4.46. The number of hydrogen-bond acceptors (Lipinski definition) is 5. The minimum Gasteiger partial charge on any atom is -0.480 e. The van der Waals surface area contributed by atoms with Gasteiger partial charge in [-0.05, 0) is 24.3 Å². The Morgan fingerprint density at radius 2 is 1.71 bits per heavy atom. The van der Waals surface area contributed by atoms with Gasteiger partial charge in [-0.15, -0.1) is 0 Å². The van der Waals surface area contributed by atoms with Gasteiger partial charge in [0.15, 0.2) is 9.84 Å². The normalized spacial score (nSPS) is 17.2. The lowest BCUT2D eigenvalue weighted by Gasteiger charge is -2.28. The first kappa shape index (κ1) is 15.3. The summed E-state index contributed by atoms with van der Waals surface area (Å²) in [5.41, 5.74) is 1.21. The van der Waals surface area contributed by atoms with E-state index in [0.29, 0.717) is 18.7 Å². The van der Waals surface area contributed by atoms with Crippen LogP contribution in [-0.4, -0.2) is 56.5 Å². The number of carboxylic acids is 1. The van der Waals surface area contributed by atoms with Crippen molar-refractivity contribution in [1.82, 2.24) is 5.32 Å². The van der Waals surface area contributed by atoms with Crippen molar-refractivity contribution < 1.29 is 23.1 Å². The average Bonchev–Trinajstić information content (AvgIpc) is 2.45. The zero-order valence-corrected chi connectivity index (χ0v) is 12.1. The molecule has 114 valence electrons. The second-order valence-corrected chi connectivity index (χ2v) is 7.07. The summed E-state index contributed by atoms with van der Waals surface area (Å²) in [4.78, 5) is 24.0. The highest BCUT2D eigenvalue weighted by atomic mass is 32.2. The molecule has 2 N–H and O–H groups in total. The highest BCUT2D eigenvalue weighted by molar-refractivity contribution is 7.91. The van der Waals surface area contributed by atoms with Gasteiger partial charge in [0.2, 0.25) is 0 Å². The maximum Gasteiger partial charge on any atom is 0.322 e. The maximum atomic E-state index is 11.7. The lowest BCUT2D eigenvalue weighted by molar-refractivity contribution is -0.135. The Hall–Kier alpha value is -2.09. The molecule has 1 fully saturated rings. The summed E-state index contributed by atoms with van der Waals surface area (Å²) in [6.45, 7) is 0.449. The number of amides is 1. The van der Waals surface area contributed by atoms with E-state index in [0.717, 1.165) is 5.69 Å². The molecule has 2 rings (SSSR count). The number of carboxylic acid groups (broad SMARTS) is 1. The van der Waals surface area contributed by atoms with E-state index in [4.69, 9.17) is 5.11 Å². The largest absolute Gasteiger partial charge is 0.480 e. The summed E-state index contributed by atoms with van der Waals surface area (Å²) in [5, 5.41) is 10.8. The fourth-order valence-electron chi connectivity index (χ4n) is 2.05. The van der Waals surface area contributed by atoms with Gasteiger partial charge in [0, 0.05) is 24.3 Å².